The van der Waals surface area contributed by atoms with Crippen molar-refractivity contribution in [2.45, 2.75) is 18.0 Å². The minimum absolute atomic E-state index is 0.0362. The molecule has 0 bridgehead atoms. The third-order valence-electron chi connectivity index (χ3n) is 3.89. The van der Waals surface area contributed by atoms with Crippen LogP contribution in [0.5, 0.6) is 0 Å². The fraction of sp³-hybridized carbons (Fsp3) is 0.158. The fourth-order valence-corrected chi connectivity index (χ4v) is 3.61. The Morgan fingerprint density at radius 1 is 1.28 bits per heavy atom. The van der Waals surface area contributed by atoms with Crippen LogP contribution in [0.1, 0.15) is 17.0 Å². The van der Waals surface area contributed by atoms with Gasteiger partial charge in [0.05, 0.1) is 29.0 Å². The molecule has 10 heteroatoms. The number of carbonyl (C=O) groups is 1. The zero-order chi connectivity index (χ0) is 20.8. The second kappa shape index (κ2) is 9.41. The van der Waals surface area contributed by atoms with Gasteiger partial charge in [0.2, 0.25) is 11.8 Å². The molecule has 2 N–H and O–H groups in total. The molecule has 0 radical (unpaired) electrons. The Bertz CT molecular complexity index is 1070. The number of anilines is 1. The van der Waals surface area contributed by atoms with Gasteiger partial charge in [0, 0.05) is 17.0 Å². The molecule has 0 aliphatic carbocycles. The third kappa shape index (κ3) is 5.47. The highest BCUT2D eigenvalue weighted by Gasteiger charge is 2.20. The van der Waals surface area contributed by atoms with E-state index in [2.05, 4.69) is 10.2 Å². The zero-order valence-electron chi connectivity index (χ0n) is 15.0. The first-order valence-corrected chi connectivity index (χ1v) is 9.74. The Balaban J connectivity index is 1.77. The Morgan fingerprint density at radius 3 is 2.72 bits per heavy atom. The molecule has 29 heavy (non-hydrogen) atoms. The lowest BCUT2D eigenvalue weighted by Gasteiger charge is -2.21. The number of nitrogens with two attached hydrogens (primary N) is 1. The average Bonchev–Trinajstić information content (AvgIpc) is 3.12. The molecule has 1 aromatic heterocycles. The van der Waals surface area contributed by atoms with Gasteiger partial charge in [0.25, 0.3) is 0 Å². The molecule has 0 aliphatic rings. The van der Waals surface area contributed by atoms with E-state index in [0.717, 1.165) is 11.0 Å². The predicted octanol–water partition coefficient (Wildman–Crippen LogP) is 3.64. The van der Waals surface area contributed by atoms with Gasteiger partial charge in [-0.25, -0.2) is 4.39 Å². The smallest absolute Gasteiger partial charge is 0.312 e. The molecule has 7 nitrogen and oxygen atoms in total. The lowest BCUT2D eigenvalue weighted by molar-refractivity contribution is -0.129. The van der Waals surface area contributed by atoms with Crippen LogP contribution in [0.2, 0.25) is 5.02 Å². The Labute approximate surface area is 175 Å². The van der Waals surface area contributed by atoms with E-state index >= 15 is 0 Å². The maximum absolute atomic E-state index is 14.3. The molecule has 0 saturated heterocycles. The lowest BCUT2D eigenvalue weighted by atomic mass is 10.1. The van der Waals surface area contributed by atoms with E-state index in [1.165, 1.54) is 28.8 Å². The van der Waals surface area contributed by atoms with Crippen molar-refractivity contribution in [2.75, 3.05) is 11.5 Å². The average molecular weight is 432 g/mol. The van der Waals surface area contributed by atoms with Crippen molar-refractivity contribution in [1.82, 2.24) is 15.1 Å². The van der Waals surface area contributed by atoms with E-state index in [4.69, 9.17) is 27.0 Å². The zero-order valence-corrected chi connectivity index (χ0v) is 16.6. The number of carbonyl (C=O) groups excluding carboxylic acids is 1. The van der Waals surface area contributed by atoms with Gasteiger partial charge in [-0.2, -0.15) is 5.26 Å². The Hall–Kier alpha value is -3.09. The first-order chi connectivity index (χ1) is 14.0. The van der Waals surface area contributed by atoms with Gasteiger partial charge in [-0.1, -0.05) is 34.9 Å². The summed E-state index contributed by atoms with van der Waals surface area (Å²) in [7, 11) is 0. The second-order valence-corrected chi connectivity index (χ2v) is 7.35. The van der Waals surface area contributed by atoms with Crippen LogP contribution in [0.15, 0.2) is 51.8 Å². The van der Waals surface area contributed by atoms with Crippen LogP contribution in [-0.4, -0.2) is 26.8 Å². The van der Waals surface area contributed by atoms with Crippen LogP contribution in [0.25, 0.3) is 0 Å². The highest BCUT2D eigenvalue weighted by Crippen LogP contribution is 2.27. The summed E-state index contributed by atoms with van der Waals surface area (Å²) in [5.41, 5.74) is 5.89. The normalized spacial score (nSPS) is 10.5. The molecule has 0 fully saturated rings. The minimum atomic E-state index is -0.578. The van der Waals surface area contributed by atoms with Crippen molar-refractivity contribution in [3.05, 3.63) is 70.3 Å². The molecule has 0 atom stereocenters. The van der Waals surface area contributed by atoms with Gasteiger partial charge in [-0.3, -0.25) is 4.79 Å². The van der Waals surface area contributed by atoms with Crippen LogP contribution >= 0.6 is 23.4 Å². The van der Waals surface area contributed by atoms with Gasteiger partial charge in [-0.05, 0) is 24.3 Å². The monoisotopic (exact) mass is 431 g/mol. The van der Waals surface area contributed by atoms with Gasteiger partial charge < -0.3 is 15.1 Å². The number of halogens is 2. The summed E-state index contributed by atoms with van der Waals surface area (Å²) < 4.78 is 19.5. The summed E-state index contributed by atoms with van der Waals surface area (Å²) in [4.78, 5) is 15.0. The molecule has 0 aliphatic heterocycles. The van der Waals surface area contributed by atoms with Crippen molar-refractivity contribution in [2.24, 2.45) is 0 Å². The van der Waals surface area contributed by atoms with Gasteiger partial charge in [-0.15, -0.1) is 16.9 Å². The third-order valence-corrected chi connectivity index (χ3v) is 5.39. The van der Waals surface area contributed by atoms with Gasteiger partial charge in [0.15, 0.2) is 0 Å². The van der Waals surface area contributed by atoms with Crippen LogP contribution in [-0.2, 0) is 17.9 Å². The number of amides is 1. The molecule has 1 heterocycles. The molecule has 3 aromatic rings. The number of nitriles is 1. The first kappa shape index (κ1) is 20.6. The summed E-state index contributed by atoms with van der Waals surface area (Å²) in [6.07, 6.45) is 0. The fourth-order valence-electron chi connectivity index (χ4n) is 2.47. The van der Waals surface area contributed by atoms with Crippen LogP contribution in [0.3, 0.4) is 0 Å². The van der Waals surface area contributed by atoms with Crippen LogP contribution < -0.4 is 5.73 Å². The van der Waals surface area contributed by atoms with E-state index < -0.39 is 5.82 Å². The standard InChI is InChI=1S/C19H15ClFN5O2S/c20-14-3-1-2-4-16(14)29-11-18(27)26(10-17-24-25-19(23)28-17)9-13-6-5-12(8-22)7-15(13)21/h1-7H,9-11H2,(H2,23,25). The summed E-state index contributed by atoms with van der Waals surface area (Å²) in [6.45, 7) is -0.0761. The van der Waals surface area contributed by atoms with Crippen LogP contribution in [0, 0.1) is 17.1 Å². The van der Waals surface area contributed by atoms with Crippen molar-refractivity contribution >= 4 is 35.3 Å². The number of nitrogens with zero attached hydrogens (tertiary/aromatic N) is 4. The number of rotatable bonds is 7. The maximum atomic E-state index is 14.3. The number of hydrogen-bond acceptors (Lipinski definition) is 7. The number of benzene rings is 2. The quantitative estimate of drug-likeness (QED) is 0.568. The number of hydrogen-bond donors (Lipinski definition) is 1. The van der Waals surface area contributed by atoms with E-state index in [9.17, 15) is 9.18 Å². The van der Waals surface area contributed by atoms with E-state index in [1.807, 2.05) is 18.2 Å². The molecule has 148 valence electrons. The molecule has 0 saturated carbocycles. The minimum Gasteiger partial charge on any atom is -0.406 e. The van der Waals surface area contributed by atoms with E-state index in [1.54, 1.807) is 12.1 Å². The SMILES string of the molecule is N#Cc1ccc(CN(Cc2nnc(N)o2)C(=O)CSc2ccccc2Cl)c(F)c1. The molecule has 0 spiro atoms. The second-order valence-electron chi connectivity index (χ2n) is 5.92. The number of thioether (sulfide) groups is 1. The molecule has 2 aromatic carbocycles. The summed E-state index contributed by atoms with van der Waals surface area (Å²) in [6, 6.07) is 13.0. The molecule has 1 amide bonds. The maximum Gasteiger partial charge on any atom is 0.312 e. The largest absolute Gasteiger partial charge is 0.406 e. The van der Waals surface area contributed by atoms with E-state index in [0.29, 0.717) is 5.02 Å². The predicted molar refractivity (Wildman–Crippen MR) is 106 cm³/mol. The molecule has 3 rings (SSSR count). The summed E-state index contributed by atoms with van der Waals surface area (Å²) in [5.74, 6) is -0.653. The number of nitrogen functional groups attached to an aromatic ring is 1. The van der Waals surface area contributed by atoms with E-state index in [-0.39, 0.29) is 47.8 Å². The molecular formula is C19H15ClFN5O2S. The van der Waals surface area contributed by atoms with Crippen molar-refractivity contribution in [3.63, 3.8) is 0 Å². The Morgan fingerprint density at radius 2 is 2.07 bits per heavy atom. The molecule has 0 unspecified atom stereocenters. The summed E-state index contributed by atoms with van der Waals surface area (Å²) in [5, 5.41) is 16.8. The highest BCUT2D eigenvalue weighted by molar-refractivity contribution is 8.00. The van der Waals surface area contributed by atoms with Gasteiger partial charge >= 0.3 is 6.01 Å². The topological polar surface area (TPSA) is 109 Å². The molecular weight excluding hydrogens is 417 g/mol. The lowest BCUT2D eigenvalue weighted by Crippen LogP contribution is -2.32. The first-order valence-electron chi connectivity index (χ1n) is 8.37. The van der Waals surface area contributed by atoms with Crippen molar-refractivity contribution < 1.29 is 13.6 Å². The highest BCUT2D eigenvalue weighted by atomic mass is 35.5. The number of aromatic nitrogens is 2. The van der Waals surface area contributed by atoms with Crippen molar-refractivity contribution in [3.8, 4) is 6.07 Å². The summed E-state index contributed by atoms with van der Waals surface area (Å²) >= 11 is 7.40. The van der Waals surface area contributed by atoms with Crippen molar-refractivity contribution in [1.29, 1.82) is 5.26 Å². The van der Waals surface area contributed by atoms with Gasteiger partial charge in [0.1, 0.15) is 5.82 Å². The Kier molecular flexibility index (Phi) is 6.69. The van der Waals surface area contributed by atoms with Crippen LogP contribution in [0.4, 0.5) is 10.4 Å².